The first kappa shape index (κ1) is 23.2. The van der Waals surface area contributed by atoms with Gasteiger partial charge in [-0.25, -0.2) is 0 Å². The molecule has 174 valence electrons. The SMILES string of the molecule is Cc1ccc(Oc2ccc(N3C[C@@H](C(=O)O[C@@H](C)C(=O)c4ccc(C)cc4)CC3=O)cc2)cc1. The fourth-order valence-corrected chi connectivity index (χ4v) is 3.83. The van der Waals surface area contributed by atoms with Crippen LogP contribution in [-0.2, 0) is 14.3 Å². The summed E-state index contributed by atoms with van der Waals surface area (Å²) >= 11 is 0. The molecule has 1 saturated heterocycles. The third-order valence-corrected chi connectivity index (χ3v) is 5.86. The van der Waals surface area contributed by atoms with E-state index in [4.69, 9.17) is 9.47 Å². The average molecular weight is 458 g/mol. The van der Waals surface area contributed by atoms with Crippen molar-refractivity contribution < 1.29 is 23.9 Å². The first-order valence-electron chi connectivity index (χ1n) is 11.3. The Hall–Kier alpha value is -3.93. The molecule has 0 aromatic heterocycles. The van der Waals surface area contributed by atoms with Gasteiger partial charge < -0.3 is 14.4 Å². The van der Waals surface area contributed by atoms with Crippen LogP contribution >= 0.6 is 0 Å². The Morgan fingerprint density at radius 2 is 1.38 bits per heavy atom. The van der Waals surface area contributed by atoms with Crippen LogP contribution < -0.4 is 9.64 Å². The highest BCUT2D eigenvalue weighted by molar-refractivity contribution is 6.02. The van der Waals surface area contributed by atoms with E-state index in [2.05, 4.69) is 0 Å². The number of anilines is 1. The smallest absolute Gasteiger partial charge is 0.312 e. The number of rotatable bonds is 7. The van der Waals surface area contributed by atoms with Crippen LogP contribution in [0.15, 0.2) is 72.8 Å². The Bertz CT molecular complexity index is 1180. The molecule has 0 saturated carbocycles. The van der Waals surface area contributed by atoms with Gasteiger partial charge in [-0.05, 0) is 57.2 Å². The number of ether oxygens (including phenoxy) is 2. The molecule has 6 nitrogen and oxygen atoms in total. The number of esters is 1. The predicted molar refractivity (Wildman–Crippen MR) is 129 cm³/mol. The van der Waals surface area contributed by atoms with Crippen molar-refractivity contribution in [1.82, 2.24) is 0 Å². The van der Waals surface area contributed by atoms with Crippen molar-refractivity contribution in [3.05, 3.63) is 89.5 Å². The summed E-state index contributed by atoms with van der Waals surface area (Å²) < 4.78 is 11.3. The molecule has 0 spiro atoms. The Kier molecular flexibility index (Phi) is 6.77. The highest BCUT2D eigenvalue weighted by Gasteiger charge is 2.37. The Morgan fingerprint density at radius 1 is 0.853 bits per heavy atom. The zero-order chi connectivity index (χ0) is 24.2. The number of aryl methyl sites for hydroxylation is 2. The lowest BCUT2D eigenvalue weighted by molar-refractivity contribution is -0.151. The van der Waals surface area contributed by atoms with Crippen molar-refractivity contribution in [2.75, 3.05) is 11.4 Å². The molecule has 2 atom stereocenters. The fourth-order valence-electron chi connectivity index (χ4n) is 3.83. The van der Waals surface area contributed by atoms with E-state index in [0.717, 1.165) is 16.9 Å². The topological polar surface area (TPSA) is 72.9 Å². The van der Waals surface area contributed by atoms with E-state index in [9.17, 15) is 14.4 Å². The van der Waals surface area contributed by atoms with Crippen molar-refractivity contribution in [2.45, 2.75) is 33.3 Å². The number of carbonyl (C=O) groups is 3. The summed E-state index contributed by atoms with van der Waals surface area (Å²) in [4.78, 5) is 39.4. The molecule has 1 aliphatic heterocycles. The number of hydrogen-bond donors (Lipinski definition) is 0. The standard InChI is InChI=1S/C28H27NO5/c1-18-4-8-21(9-5-18)27(31)20(3)33-28(32)22-16-26(30)29(17-22)23-10-14-25(15-11-23)34-24-12-6-19(2)7-13-24/h4-15,20,22H,16-17H2,1-3H3/t20-,22-/m0/s1. The Morgan fingerprint density at radius 3 is 1.97 bits per heavy atom. The van der Waals surface area contributed by atoms with Crippen molar-refractivity contribution in [3.8, 4) is 11.5 Å². The molecule has 1 heterocycles. The van der Waals surface area contributed by atoms with Crippen LogP contribution in [0.5, 0.6) is 11.5 Å². The van der Waals surface area contributed by atoms with Gasteiger partial charge in [0.2, 0.25) is 11.7 Å². The van der Waals surface area contributed by atoms with E-state index in [0.29, 0.717) is 17.0 Å². The second-order valence-corrected chi connectivity index (χ2v) is 8.62. The second kappa shape index (κ2) is 9.91. The van der Waals surface area contributed by atoms with E-state index in [1.165, 1.54) is 0 Å². The minimum absolute atomic E-state index is 0.0475. The monoisotopic (exact) mass is 457 g/mol. The summed E-state index contributed by atoms with van der Waals surface area (Å²) in [7, 11) is 0. The van der Waals surface area contributed by atoms with Crippen molar-refractivity contribution in [1.29, 1.82) is 0 Å². The number of ketones is 1. The largest absolute Gasteiger partial charge is 0.457 e. The van der Waals surface area contributed by atoms with Crippen LogP contribution in [0.25, 0.3) is 0 Å². The summed E-state index contributed by atoms with van der Waals surface area (Å²) in [5, 5.41) is 0. The maximum Gasteiger partial charge on any atom is 0.312 e. The maximum absolute atomic E-state index is 12.7. The molecule has 4 rings (SSSR count). The summed E-state index contributed by atoms with van der Waals surface area (Å²) in [6, 6.07) is 22.0. The highest BCUT2D eigenvalue weighted by Crippen LogP contribution is 2.29. The van der Waals surface area contributed by atoms with E-state index in [-0.39, 0.29) is 24.7 Å². The number of hydrogen-bond acceptors (Lipinski definition) is 5. The van der Waals surface area contributed by atoms with Gasteiger partial charge in [0.25, 0.3) is 0 Å². The number of carbonyl (C=O) groups excluding carboxylic acids is 3. The van der Waals surface area contributed by atoms with Gasteiger partial charge >= 0.3 is 5.97 Å². The summed E-state index contributed by atoms with van der Waals surface area (Å²) in [6.45, 7) is 5.71. The third-order valence-electron chi connectivity index (χ3n) is 5.86. The third kappa shape index (κ3) is 5.34. The van der Waals surface area contributed by atoms with Crippen LogP contribution in [0, 0.1) is 19.8 Å². The lowest BCUT2D eigenvalue weighted by Gasteiger charge is -2.18. The second-order valence-electron chi connectivity index (χ2n) is 8.62. The Balaban J connectivity index is 1.35. The molecular formula is C28H27NO5. The lowest BCUT2D eigenvalue weighted by Crippen LogP contribution is -2.30. The van der Waals surface area contributed by atoms with Crippen molar-refractivity contribution in [2.24, 2.45) is 5.92 Å². The molecule has 1 fully saturated rings. The quantitative estimate of drug-likeness (QED) is 0.357. The molecule has 3 aromatic carbocycles. The lowest BCUT2D eigenvalue weighted by atomic mass is 10.1. The minimum atomic E-state index is -0.919. The maximum atomic E-state index is 12.7. The van der Waals surface area contributed by atoms with Gasteiger partial charge in [0.05, 0.1) is 5.92 Å². The van der Waals surface area contributed by atoms with Gasteiger partial charge in [-0.15, -0.1) is 0 Å². The van der Waals surface area contributed by atoms with E-state index in [1.54, 1.807) is 48.2 Å². The van der Waals surface area contributed by atoms with Crippen LogP contribution in [0.4, 0.5) is 5.69 Å². The first-order chi connectivity index (χ1) is 16.3. The molecular weight excluding hydrogens is 430 g/mol. The molecule has 0 radical (unpaired) electrons. The molecule has 34 heavy (non-hydrogen) atoms. The van der Waals surface area contributed by atoms with Gasteiger partial charge in [-0.2, -0.15) is 0 Å². The normalized spacial score (nSPS) is 16.3. The van der Waals surface area contributed by atoms with Crippen LogP contribution in [-0.4, -0.2) is 30.3 Å². The highest BCUT2D eigenvalue weighted by atomic mass is 16.5. The molecule has 0 bridgehead atoms. The van der Waals surface area contributed by atoms with E-state index in [1.807, 2.05) is 50.2 Å². The Labute approximate surface area is 199 Å². The van der Waals surface area contributed by atoms with Crippen LogP contribution in [0.2, 0.25) is 0 Å². The molecule has 1 amide bonds. The molecule has 0 N–H and O–H groups in total. The number of Topliss-reactive ketones (excluding diaryl/α,β-unsaturated/α-hetero) is 1. The molecule has 0 aliphatic carbocycles. The van der Waals surface area contributed by atoms with Gasteiger partial charge in [-0.3, -0.25) is 14.4 Å². The average Bonchev–Trinajstić information content (AvgIpc) is 3.23. The van der Waals surface area contributed by atoms with Crippen LogP contribution in [0.1, 0.15) is 34.8 Å². The number of amides is 1. The molecule has 0 unspecified atom stereocenters. The summed E-state index contributed by atoms with van der Waals surface area (Å²) in [6.07, 6.45) is -0.871. The van der Waals surface area contributed by atoms with Crippen LogP contribution in [0.3, 0.4) is 0 Å². The van der Waals surface area contributed by atoms with E-state index < -0.39 is 18.0 Å². The van der Waals surface area contributed by atoms with Gasteiger partial charge in [0.1, 0.15) is 11.5 Å². The van der Waals surface area contributed by atoms with Crippen molar-refractivity contribution in [3.63, 3.8) is 0 Å². The summed E-state index contributed by atoms with van der Waals surface area (Å²) in [5.41, 5.74) is 3.36. The van der Waals surface area contributed by atoms with Gasteiger partial charge in [0.15, 0.2) is 6.10 Å². The van der Waals surface area contributed by atoms with Gasteiger partial charge in [0, 0.05) is 24.2 Å². The number of nitrogens with zero attached hydrogens (tertiary/aromatic N) is 1. The summed E-state index contributed by atoms with van der Waals surface area (Å²) in [5.74, 6) is -0.205. The van der Waals surface area contributed by atoms with E-state index >= 15 is 0 Å². The molecule has 6 heteroatoms. The first-order valence-corrected chi connectivity index (χ1v) is 11.3. The number of benzene rings is 3. The predicted octanol–water partition coefficient (Wildman–Crippen LogP) is 5.26. The molecule has 3 aromatic rings. The van der Waals surface area contributed by atoms with Gasteiger partial charge in [-0.1, -0.05) is 47.5 Å². The minimum Gasteiger partial charge on any atom is -0.457 e. The zero-order valence-corrected chi connectivity index (χ0v) is 19.5. The fraction of sp³-hybridized carbons (Fsp3) is 0.250. The molecule has 1 aliphatic rings. The zero-order valence-electron chi connectivity index (χ0n) is 19.5. The van der Waals surface area contributed by atoms with Crippen molar-refractivity contribution >= 4 is 23.3 Å².